The van der Waals surface area contributed by atoms with Crippen LogP contribution < -0.4 is 10.1 Å². The standard InChI is InChI=1S/C32H46F4NO5P/c1-23-10-8-11-24(20-23)12-9-19-41-27-14-13-25(21-26(27)32(34,35)36)15-16-31(17-18-33,37-28(38)39)22-42-43(40,29(2,3)4)30(5,6)7/h8,10-11,13-14,20-21,37H,9,12,15-19,22H2,1-7H3,(H,38,39). The molecular formula is C32H46F4NO5P. The summed E-state index contributed by atoms with van der Waals surface area (Å²) in [5.74, 6) is -0.293. The lowest BCUT2D eigenvalue weighted by molar-refractivity contribution is -0.139. The Balaban J connectivity index is 2.26. The molecule has 0 saturated heterocycles. The Morgan fingerprint density at radius 2 is 1.56 bits per heavy atom. The van der Waals surface area contributed by atoms with Gasteiger partial charge >= 0.3 is 12.3 Å². The number of aryl methyl sites for hydroxylation is 3. The van der Waals surface area contributed by atoms with Gasteiger partial charge in [-0.1, -0.05) is 77.4 Å². The smallest absolute Gasteiger partial charge is 0.419 e. The van der Waals surface area contributed by atoms with Crippen LogP contribution in [0.25, 0.3) is 0 Å². The summed E-state index contributed by atoms with van der Waals surface area (Å²) in [6, 6.07) is 11.6. The number of alkyl halides is 4. The van der Waals surface area contributed by atoms with Crippen molar-refractivity contribution in [3.8, 4) is 5.75 Å². The number of ether oxygens (including phenoxy) is 1. The Bertz CT molecular complexity index is 1250. The van der Waals surface area contributed by atoms with Crippen LogP contribution in [-0.4, -0.2) is 46.9 Å². The zero-order valence-corrected chi connectivity index (χ0v) is 27.1. The molecule has 11 heteroatoms. The predicted octanol–water partition coefficient (Wildman–Crippen LogP) is 9.22. The van der Waals surface area contributed by atoms with E-state index >= 15 is 0 Å². The van der Waals surface area contributed by atoms with E-state index in [2.05, 4.69) is 5.32 Å². The van der Waals surface area contributed by atoms with E-state index in [1.807, 2.05) is 31.2 Å². The number of carbonyl (C=O) groups is 1. The summed E-state index contributed by atoms with van der Waals surface area (Å²) < 4.78 is 81.4. The number of carboxylic acid groups (broad SMARTS) is 1. The molecule has 1 amide bonds. The highest BCUT2D eigenvalue weighted by Crippen LogP contribution is 2.67. The molecule has 0 aliphatic rings. The maximum Gasteiger partial charge on any atom is 0.419 e. The molecule has 0 spiro atoms. The third-order valence-electron chi connectivity index (χ3n) is 7.43. The quantitative estimate of drug-likeness (QED) is 0.123. The van der Waals surface area contributed by atoms with Gasteiger partial charge < -0.3 is 19.7 Å². The Hall–Kier alpha value is -2.58. The summed E-state index contributed by atoms with van der Waals surface area (Å²) in [6.07, 6.45) is -5.34. The van der Waals surface area contributed by atoms with Gasteiger partial charge in [-0.2, -0.15) is 13.2 Å². The van der Waals surface area contributed by atoms with Gasteiger partial charge in [0.05, 0.1) is 31.0 Å². The summed E-state index contributed by atoms with van der Waals surface area (Å²) in [5, 5.41) is 10.3. The minimum Gasteiger partial charge on any atom is -0.493 e. The second kappa shape index (κ2) is 14.5. The van der Waals surface area contributed by atoms with Gasteiger partial charge in [0.25, 0.3) is 0 Å². The van der Waals surface area contributed by atoms with Gasteiger partial charge in [-0.25, -0.2) is 4.79 Å². The second-order valence-corrected chi connectivity index (χ2v) is 17.1. The molecule has 0 heterocycles. The average Bonchev–Trinajstić information content (AvgIpc) is 2.87. The first-order chi connectivity index (χ1) is 19.7. The van der Waals surface area contributed by atoms with Gasteiger partial charge in [-0.3, -0.25) is 8.96 Å². The molecule has 1 unspecified atom stereocenters. The maximum absolute atomic E-state index is 14.0. The predicted molar refractivity (Wildman–Crippen MR) is 162 cm³/mol. The summed E-state index contributed by atoms with van der Waals surface area (Å²) >= 11 is 0. The van der Waals surface area contributed by atoms with Gasteiger partial charge in [-0.05, 0) is 55.9 Å². The lowest BCUT2D eigenvalue weighted by Crippen LogP contribution is -2.52. The van der Waals surface area contributed by atoms with Crippen molar-refractivity contribution >= 4 is 13.5 Å². The molecule has 2 aromatic carbocycles. The van der Waals surface area contributed by atoms with Crippen LogP contribution in [0.5, 0.6) is 5.75 Å². The number of hydrogen-bond acceptors (Lipinski definition) is 4. The molecule has 2 aromatic rings. The zero-order chi connectivity index (χ0) is 32.7. The van der Waals surface area contributed by atoms with Crippen LogP contribution in [-0.2, 0) is 28.1 Å². The number of halogens is 4. The third kappa shape index (κ3) is 10.2. The van der Waals surface area contributed by atoms with Crippen molar-refractivity contribution in [2.24, 2.45) is 0 Å². The number of amides is 1. The van der Waals surface area contributed by atoms with Crippen LogP contribution >= 0.6 is 7.37 Å². The lowest BCUT2D eigenvalue weighted by atomic mass is 9.88. The van der Waals surface area contributed by atoms with E-state index in [-0.39, 0.29) is 37.2 Å². The molecule has 0 aliphatic heterocycles. The highest BCUT2D eigenvalue weighted by atomic mass is 31.2. The highest BCUT2D eigenvalue weighted by Gasteiger charge is 2.49. The number of benzene rings is 2. The molecule has 0 saturated carbocycles. The number of hydrogen-bond donors (Lipinski definition) is 2. The summed E-state index contributed by atoms with van der Waals surface area (Å²) in [4.78, 5) is 11.8. The van der Waals surface area contributed by atoms with E-state index in [4.69, 9.17) is 9.26 Å². The molecule has 0 aliphatic carbocycles. The minimum absolute atomic E-state index is 0.0182. The molecule has 0 aromatic heterocycles. The highest BCUT2D eigenvalue weighted by molar-refractivity contribution is 7.62. The van der Waals surface area contributed by atoms with Crippen molar-refractivity contribution in [1.82, 2.24) is 5.32 Å². The van der Waals surface area contributed by atoms with Gasteiger partial charge in [0.15, 0.2) is 0 Å². The fourth-order valence-electron chi connectivity index (χ4n) is 5.24. The Morgan fingerprint density at radius 1 is 0.930 bits per heavy atom. The minimum atomic E-state index is -4.69. The van der Waals surface area contributed by atoms with E-state index in [1.54, 1.807) is 41.5 Å². The molecule has 6 nitrogen and oxygen atoms in total. The van der Waals surface area contributed by atoms with Crippen molar-refractivity contribution in [3.05, 3.63) is 64.7 Å². The van der Waals surface area contributed by atoms with Crippen LogP contribution in [0, 0.1) is 6.92 Å². The summed E-state index contributed by atoms with van der Waals surface area (Å²) in [6.45, 7) is 11.3. The van der Waals surface area contributed by atoms with Crippen molar-refractivity contribution in [2.75, 3.05) is 19.9 Å². The Morgan fingerprint density at radius 3 is 2.09 bits per heavy atom. The van der Waals surface area contributed by atoms with E-state index in [0.29, 0.717) is 12.8 Å². The molecule has 0 fully saturated rings. The van der Waals surface area contributed by atoms with E-state index in [9.17, 15) is 32.0 Å². The molecule has 0 bridgehead atoms. The van der Waals surface area contributed by atoms with Crippen molar-refractivity contribution in [2.45, 2.75) is 103 Å². The van der Waals surface area contributed by atoms with Crippen molar-refractivity contribution in [1.29, 1.82) is 0 Å². The molecule has 2 N–H and O–H groups in total. The van der Waals surface area contributed by atoms with Crippen LogP contribution in [0.2, 0.25) is 0 Å². The zero-order valence-electron chi connectivity index (χ0n) is 26.2. The fourth-order valence-corrected chi connectivity index (χ4v) is 8.45. The van der Waals surface area contributed by atoms with E-state index < -0.39 is 54.3 Å². The van der Waals surface area contributed by atoms with Gasteiger partial charge in [0.2, 0.25) is 7.37 Å². The number of rotatable bonds is 14. The summed E-state index contributed by atoms with van der Waals surface area (Å²) in [5.41, 5.74) is -0.0111. The van der Waals surface area contributed by atoms with Crippen LogP contribution in [0.4, 0.5) is 22.4 Å². The summed E-state index contributed by atoms with van der Waals surface area (Å²) in [7, 11) is -3.44. The number of nitrogens with one attached hydrogen (secondary N) is 1. The maximum atomic E-state index is 14.0. The lowest BCUT2D eigenvalue weighted by Gasteiger charge is -2.43. The van der Waals surface area contributed by atoms with Gasteiger partial charge in [0.1, 0.15) is 5.75 Å². The van der Waals surface area contributed by atoms with E-state index in [0.717, 1.165) is 17.2 Å². The first-order valence-electron chi connectivity index (χ1n) is 14.4. The first-order valence-corrected chi connectivity index (χ1v) is 16.1. The van der Waals surface area contributed by atoms with Gasteiger partial charge in [0, 0.05) is 16.7 Å². The van der Waals surface area contributed by atoms with Crippen LogP contribution in [0.1, 0.15) is 83.1 Å². The molecule has 1 atom stereocenters. The normalized spacial score (nSPS) is 14.3. The average molecular weight is 632 g/mol. The molecule has 242 valence electrons. The monoisotopic (exact) mass is 631 g/mol. The first kappa shape index (κ1) is 36.6. The largest absolute Gasteiger partial charge is 0.493 e. The topological polar surface area (TPSA) is 84.9 Å². The molecule has 2 rings (SSSR count). The third-order valence-corrected chi connectivity index (χ3v) is 11.5. The molecule has 0 radical (unpaired) electrons. The van der Waals surface area contributed by atoms with Crippen LogP contribution in [0.3, 0.4) is 0 Å². The SMILES string of the molecule is Cc1cccc(CCCOc2ccc(CCC(CCF)(COP(=O)(C(C)(C)C)C(C)(C)C)NC(=O)O)cc2C(F)(F)F)c1. The molecular weight excluding hydrogens is 585 g/mol. The van der Waals surface area contributed by atoms with Gasteiger partial charge in [-0.15, -0.1) is 0 Å². The molecule has 43 heavy (non-hydrogen) atoms. The van der Waals surface area contributed by atoms with E-state index in [1.165, 1.54) is 12.1 Å². The van der Waals surface area contributed by atoms with Crippen molar-refractivity contribution < 1.29 is 41.3 Å². The second-order valence-electron chi connectivity index (χ2n) is 13.1. The van der Waals surface area contributed by atoms with Crippen LogP contribution in [0.15, 0.2) is 42.5 Å². The Kier molecular flexibility index (Phi) is 12.3. The Labute approximate surface area is 253 Å². The fraction of sp³-hybridized carbons (Fsp3) is 0.594. The van der Waals surface area contributed by atoms with Crippen molar-refractivity contribution in [3.63, 3.8) is 0 Å².